The molecule has 2 atom stereocenters. The zero-order chi connectivity index (χ0) is 13.8. The number of hydrogen-bond donors (Lipinski definition) is 1. The standard InChI is InChI=1S/C14H20BrNO2/c1-14(2,3)18-13(17)11(12(15)16)9-10-7-5-4-6-8-10/h4-8,11-12H,9,16H2,1-3H3. The highest BCUT2D eigenvalue weighted by atomic mass is 79.9. The van der Waals surface area contributed by atoms with E-state index < -0.39 is 10.6 Å². The molecule has 4 heteroatoms. The van der Waals surface area contributed by atoms with Crippen LogP contribution in [0.4, 0.5) is 0 Å². The summed E-state index contributed by atoms with van der Waals surface area (Å²) in [6, 6.07) is 9.79. The van der Waals surface area contributed by atoms with Crippen LogP contribution in [-0.2, 0) is 16.0 Å². The van der Waals surface area contributed by atoms with Crippen molar-refractivity contribution in [3.8, 4) is 0 Å². The van der Waals surface area contributed by atoms with E-state index in [1.807, 2.05) is 51.1 Å². The minimum atomic E-state index is -0.492. The normalized spacial score (nSPS) is 14.9. The molecule has 0 radical (unpaired) electrons. The Kier molecular flexibility index (Phi) is 5.35. The van der Waals surface area contributed by atoms with Gasteiger partial charge in [0.15, 0.2) is 0 Å². The predicted octanol–water partition coefficient (Wildman–Crippen LogP) is 2.87. The van der Waals surface area contributed by atoms with Crippen molar-refractivity contribution in [1.29, 1.82) is 0 Å². The lowest BCUT2D eigenvalue weighted by atomic mass is 9.99. The van der Waals surface area contributed by atoms with E-state index in [0.29, 0.717) is 6.42 Å². The molecule has 100 valence electrons. The van der Waals surface area contributed by atoms with E-state index in [9.17, 15) is 4.79 Å². The number of alkyl halides is 1. The molecular formula is C14H20BrNO2. The molecule has 3 nitrogen and oxygen atoms in total. The van der Waals surface area contributed by atoms with Gasteiger partial charge in [-0.2, -0.15) is 0 Å². The van der Waals surface area contributed by atoms with Crippen LogP contribution in [0, 0.1) is 5.92 Å². The Morgan fingerprint density at radius 3 is 2.33 bits per heavy atom. The van der Waals surface area contributed by atoms with Gasteiger partial charge in [-0.1, -0.05) is 46.3 Å². The van der Waals surface area contributed by atoms with Crippen molar-refractivity contribution in [3.63, 3.8) is 0 Å². The maximum Gasteiger partial charge on any atom is 0.312 e. The summed E-state index contributed by atoms with van der Waals surface area (Å²) in [4.78, 5) is 11.7. The van der Waals surface area contributed by atoms with Crippen LogP contribution < -0.4 is 5.73 Å². The first-order chi connectivity index (χ1) is 8.29. The molecule has 18 heavy (non-hydrogen) atoms. The maximum absolute atomic E-state index is 12.1. The number of nitrogens with two attached hydrogens (primary N) is 1. The van der Waals surface area contributed by atoms with Crippen LogP contribution in [0.1, 0.15) is 26.3 Å². The third-order valence-corrected chi connectivity index (χ3v) is 3.03. The van der Waals surface area contributed by atoms with Gasteiger partial charge in [0, 0.05) is 0 Å². The van der Waals surface area contributed by atoms with Gasteiger partial charge in [-0.3, -0.25) is 4.79 Å². The molecule has 2 N–H and O–H groups in total. The molecule has 2 unspecified atom stereocenters. The number of benzene rings is 1. The van der Waals surface area contributed by atoms with Gasteiger partial charge in [-0.25, -0.2) is 0 Å². The Morgan fingerprint density at radius 2 is 1.89 bits per heavy atom. The van der Waals surface area contributed by atoms with E-state index in [0.717, 1.165) is 5.56 Å². The summed E-state index contributed by atoms with van der Waals surface area (Å²) in [7, 11) is 0. The van der Waals surface area contributed by atoms with Crippen LogP contribution >= 0.6 is 15.9 Å². The molecular weight excluding hydrogens is 294 g/mol. The average Bonchev–Trinajstić information content (AvgIpc) is 2.24. The second-order valence-corrected chi connectivity index (χ2v) is 6.33. The minimum Gasteiger partial charge on any atom is -0.460 e. The molecule has 1 rings (SSSR count). The molecule has 0 amide bonds. The topological polar surface area (TPSA) is 52.3 Å². The van der Waals surface area contributed by atoms with E-state index >= 15 is 0 Å². The van der Waals surface area contributed by atoms with Crippen molar-refractivity contribution in [2.45, 2.75) is 37.7 Å². The minimum absolute atomic E-state index is 0.268. The zero-order valence-corrected chi connectivity index (χ0v) is 12.6. The molecule has 1 aromatic rings. The van der Waals surface area contributed by atoms with Gasteiger partial charge in [0.05, 0.1) is 10.9 Å². The number of hydrogen-bond acceptors (Lipinski definition) is 3. The monoisotopic (exact) mass is 313 g/mol. The molecule has 1 aromatic carbocycles. The lowest BCUT2D eigenvalue weighted by molar-refractivity contribution is -0.159. The highest BCUT2D eigenvalue weighted by Crippen LogP contribution is 2.20. The van der Waals surface area contributed by atoms with E-state index in [1.54, 1.807) is 0 Å². The summed E-state index contributed by atoms with van der Waals surface area (Å²) in [5, 5.41) is 0. The molecule has 0 aliphatic rings. The molecule has 0 saturated carbocycles. The largest absolute Gasteiger partial charge is 0.460 e. The quantitative estimate of drug-likeness (QED) is 0.528. The van der Waals surface area contributed by atoms with Crippen molar-refractivity contribution in [2.75, 3.05) is 0 Å². The van der Waals surface area contributed by atoms with E-state index in [4.69, 9.17) is 10.5 Å². The summed E-state index contributed by atoms with van der Waals surface area (Å²) in [6.07, 6.45) is 0.572. The number of esters is 1. The van der Waals surface area contributed by atoms with Gasteiger partial charge in [0.2, 0.25) is 0 Å². The van der Waals surface area contributed by atoms with E-state index in [-0.39, 0.29) is 11.9 Å². The predicted molar refractivity (Wildman–Crippen MR) is 76.4 cm³/mol. The van der Waals surface area contributed by atoms with Gasteiger partial charge in [-0.05, 0) is 32.8 Å². The fourth-order valence-corrected chi connectivity index (χ4v) is 1.97. The summed E-state index contributed by atoms with van der Waals surface area (Å²) in [5.41, 5.74) is 6.40. The van der Waals surface area contributed by atoms with Gasteiger partial charge in [0.25, 0.3) is 0 Å². The first-order valence-corrected chi connectivity index (χ1v) is 6.87. The highest BCUT2D eigenvalue weighted by molar-refractivity contribution is 9.09. The molecule has 0 bridgehead atoms. The Bertz CT molecular complexity index is 385. The molecule has 0 aliphatic carbocycles. The van der Waals surface area contributed by atoms with Gasteiger partial charge >= 0.3 is 5.97 Å². The average molecular weight is 314 g/mol. The van der Waals surface area contributed by atoms with Crippen molar-refractivity contribution in [1.82, 2.24) is 0 Å². The van der Waals surface area contributed by atoms with Crippen LogP contribution in [-0.4, -0.2) is 16.5 Å². The molecule has 0 heterocycles. The van der Waals surface area contributed by atoms with Gasteiger partial charge in [0.1, 0.15) is 5.60 Å². The molecule has 0 spiro atoms. The summed E-state index contributed by atoms with van der Waals surface area (Å²) in [5.74, 6) is -0.651. The van der Waals surface area contributed by atoms with E-state index in [2.05, 4.69) is 15.9 Å². The van der Waals surface area contributed by atoms with Crippen LogP contribution in [0.3, 0.4) is 0 Å². The number of ether oxygens (including phenoxy) is 1. The van der Waals surface area contributed by atoms with Crippen molar-refractivity contribution in [3.05, 3.63) is 35.9 Å². The smallest absolute Gasteiger partial charge is 0.312 e. The number of carbonyl (C=O) groups is 1. The van der Waals surface area contributed by atoms with Crippen molar-refractivity contribution in [2.24, 2.45) is 11.7 Å². The first kappa shape index (κ1) is 15.2. The SMILES string of the molecule is CC(C)(C)OC(=O)C(Cc1ccccc1)C(N)Br. The second-order valence-electron chi connectivity index (χ2n) is 5.27. The fraction of sp³-hybridized carbons (Fsp3) is 0.500. The fourth-order valence-electron chi connectivity index (χ4n) is 1.57. The zero-order valence-electron chi connectivity index (χ0n) is 11.0. The third-order valence-electron chi connectivity index (χ3n) is 2.39. The van der Waals surface area contributed by atoms with Crippen molar-refractivity contribution < 1.29 is 9.53 Å². The lowest BCUT2D eigenvalue weighted by Crippen LogP contribution is -2.37. The Morgan fingerprint density at radius 1 is 1.33 bits per heavy atom. The Labute approximate surface area is 117 Å². The van der Waals surface area contributed by atoms with E-state index in [1.165, 1.54) is 0 Å². The molecule has 0 aliphatic heterocycles. The highest BCUT2D eigenvalue weighted by Gasteiger charge is 2.29. The maximum atomic E-state index is 12.1. The van der Waals surface area contributed by atoms with Gasteiger partial charge in [-0.15, -0.1) is 0 Å². The summed E-state index contributed by atoms with van der Waals surface area (Å²) < 4.78 is 5.38. The van der Waals surface area contributed by atoms with Crippen LogP contribution in [0.25, 0.3) is 0 Å². The first-order valence-electron chi connectivity index (χ1n) is 5.96. The van der Waals surface area contributed by atoms with Crippen LogP contribution in [0.15, 0.2) is 30.3 Å². The lowest BCUT2D eigenvalue weighted by Gasteiger charge is -2.25. The van der Waals surface area contributed by atoms with Crippen LogP contribution in [0.2, 0.25) is 0 Å². The molecule has 0 saturated heterocycles. The Hall–Kier alpha value is -0.870. The summed E-state index contributed by atoms with van der Waals surface area (Å²) in [6.45, 7) is 5.55. The summed E-state index contributed by atoms with van der Waals surface area (Å²) >= 11 is 3.28. The molecule has 0 aromatic heterocycles. The Balaban J connectivity index is 2.75. The second kappa shape index (κ2) is 6.34. The number of rotatable bonds is 4. The molecule has 0 fully saturated rings. The van der Waals surface area contributed by atoms with Crippen LogP contribution in [0.5, 0.6) is 0 Å². The third kappa shape index (κ3) is 5.19. The number of carbonyl (C=O) groups excluding carboxylic acids is 1. The van der Waals surface area contributed by atoms with Gasteiger partial charge < -0.3 is 10.5 Å². The van der Waals surface area contributed by atoms with Crippen molar-refractivity contribution >= 4 is 21.9 Å². The number of halogens is 1.